The quantitative estimate of drug-likeness (QED) is 0.771. The summed E-state index contributed by atoms with van der Waals surface area (Å²) in [4.78, 5) is 2.22. The molecular formula is C13H21FN2. The molecule has 0 bridgehead atoms. The molecule has 3 heteroatoms. The zero-order valence-electron chi connectivity index (χ0n) is 9.95. The lowest BCUT2D eigenvalue weighted by molar-refractivity contribution is 0.471. The highest BCUT2D eigenvalue weighted by molar-refractivity contribution is 5.47. The van der Waals surface area contributed by atoms with Crippen LogP contribution in [0.5, 0.6) is 0 Å². The highest BCUT2D eigenvalue weighted by atomic mass is 19.1. The first-order valence-electron chi connectivity index (χ1n) is 5.91. The van der Waals surface area contributed by atoms with Gasteiger partial charge in [0.15, 0.2) is 0 Å². The molecule has 16 heavy (non-hydrogen) atoms. The highest BCUT2D eigenvalue weighted by Crippen LogP contribution is 2.16. The third-order valence-electron chi connectivity index (χ3n) is 2.59. The van der Waals surface area contributed by atoms with E-state index < -0.39 is 0 Å². The Bertz CT molecular complexity index is 284. The van der Waals surface area contributed by atoms with Crippen LogP contribution in [0.15, 0.2) is 24.3 Å². The molecule has 0 atom stereocenters. The van der Waals surface area contributed by atoms with Gasteiger partial charge in [-0.05, 0) is 30.5 Å². The fraction of sp³-hybridized carbons (Fsp3) is 0.538. The fourth-order valence-corrected chi connectivity index (χ4v) is 1.73. The lowest BCUT2D eigenvalue weighted by atomic mass is 10.2. The van der Waals surface area contributed by atoms with E-state index in [9.17, 15) is 4.39 Å². The molecule has 0 unspecified atom stereocenters. The molecule has 1 aromatic rings. The van der Waals surface area contributed by atoms with E-state index in [4.69, 9.17) is 5.73 Å². The maximum Gasteiger partial charge on any atom is 0.0911 e. The minimum absolute atomic E-state index is 0.249. The number of alkyl halides is 1. The van der Waals surface area contributed by atoms with Crippen molar-refractivity contribution < 1.29 is 4.39 Å². The first kappa shape index (κ1) is 13.0. The van der Waals surface area contributed by atoms with Crippen molar-refractivity contribution in [2.45, 2.75) is 26.3 Å². The molecule has 0 aliphatic heterocycles. The van der Waals surface area contributed by atoms with Crippen LogP contribution in [0, 0.1) is 0 Å². The molecule has 2 N–H and O–H groups in total. The first-order chi connectivity index (χ1) is 7.81. The third-order valence-corrected chi connectivity index (χ3v) is 2.59. The van der Waals surface area contributed by atoms with Crippen LogP contribution < -0.4 is 10.6 Å². The Morgan fingerprint density at radius 1 is 1.19 bits per heavy atom. The summed E-state index contributed by atoms with van der Waals surface area (Å²) < 4.78 is 12.2. The minimum atomic E-state index is -0.249. The molecule has 1 rings (SSSR count). The second-order valence-corrected chi connectivity index (χ2v) is 3.90. The predicted octanol–water partition coefficient (Wildman–Crippen LogP) is 2.72. The van der Waals surface area contributed by atoms with E-state index in [1.807, 2.05) is 12.1 Å². The summed E-state index contributed by atoms with van der Waals surface area (Å²) >= 11 is 0. The van der Waals surface area contributed by atoms with E-state index in [2.05, 4.69) is 24.0 Å². The highest BCUT2D eigenvalue weighted by Gasteiger charge is 2.04. The summed E-state index contributed by atoms with van der Waals surface area (Å²) in [6.45, 7) is 4.21. The Morgan fingerprint density at radius 3 is 2.38 bits per heavy atom. The number of nitrogens with two attached hydrogens (primary N) is 1. The number of rotatable bonds is 7. The van der Waals surface area contributed by atoms with Gasteiger partial charge in [0.2, 0.25) is 0 Å². The number of halogens is 1. The normalized spacial score (nSPS) is 10.4. The van der Waals surface area contributed by atoms with Crippen LogP contribution in [0.4, 0.5) is 10.1 Å². The lowest BCUT2D eigenvalue weighted by Crippen LogP contribution is -2.25. The average molecular weight is 224 g/mol. The van der Waals surface area contributed by atoms with Crippen molar-refractivity contribution in [1.82, 2.24) is 0 Å². The average Bonchev–Trinajstić information content (AvgIpc) is 2.35. The van der Waals surface area contributed by atoms with Gasteiger partial charge in [-0.2, -0.15) is 0 Å². The molecule has 0 fully saturated rings. The van der Waals surface area contributed by atoms with Gasteiger partial charge < -0.3 is 10.6 Å². The topological polar surface area (TPSA) is 29.3 Å². The van der Waals surface area contributed by atoms with E-state index in [1.165, 1.54) is 0 Å². The molecule has 0 amide bonds. The molecule has 0 saturated heterocycles. The zero-order chi connectivity index (χ0) is 11.8. The third kappa shape index (κ3) is 3.81. The van der Waals surface area contributed by atoms with Crippen molar-refractivity contribution >= 4 is 5.69 Å². The van der Waals surface area contributed by atoms with Crippen LogP contribution in [-0.4, -0.2) is 19.8 Å². The molecule has 0 spiro atoms. The summed E-state index contributed by atoms with van der Waals surface area (Å²) in [6, 6.07) is 8.20. The van der Waals surface area contributed by atoms with Crippen LogP contribution in [0.2, 0.25) is 0 Å². The van der Waals surface area contributed by atoms with Gasteiger partial charge in [0, 0.05) is 25.3 Å². The van der Waals surface area contributed by atoms with Crippen LogP contribution >= 0.6 is 0 Å². The molecule has 0 heterocycles. The van der Waals surface area contributed by atoms with E-state index in [1.54, 1.807) is 0 Å². The van der Waals surface area contributed by atoms with Crippen molar-refractivity contribution in [3.05, 3.63) is 29.8 Å². The van der Waals surface area contributed by atoms with Crippen LogP contribution in [0.1, 0.15) is 25.3 Å². The molecule has 0 aliphatic rings. The summed E-state index contributed by atoms with van der Waals surface area (Å²) in [6.07, 6.45) is 1.67. The van der Waals surface area contributed by atoms with Crippen molar-refractivity contribution in [1.29, 1.82) is 0 Å². The standard InChI is InChI=1S/C13H21FN2/c1-2-9-16(10-3-8-14)13-6-4-12(11-15)5-7-13/h4-7H,2-3,8-11,15H2,1H3. The molecule has 0 aliphatic carbocycles. The summed E-state index contributed by atoms with van der Waals surface area (Å²) in [5.41, 5.74) is 7.84. The van der Waals surface area contributed by atoms with Gasteiger partial charge in [-0.15, -0.1) is 0 Å². The molecule has 90 valence electrons. The van der Waals surface area contributed by atoms with E-state index in [-0.39, 0.29) is 6.67 Å². The number of hydrogen-bond donors (Lipinski definition) is 1. The first-order valence-corrected chi connectivity index (χ1v) is 5.91. The Hall–Kier alpha value is -1.09. The van der Waals surface area contributed by atoms with Crippen LogP contribution in [0.25, 0.3) is 0 Å². The van der Waals surface area contributed by atoms with Crippen LogP contribution in [-0.2, 0) is 6.54 Å². The predicted molar refractivity (Wildman–Crippen MR) is 67.4 cm³/mol. The van der Waals surface area contributed by atoms with Gasteiger partial charge in [0.1, 0.15) is 0 Å². The summed E-state index contributed by atoms with van der Waals surface area (Å²) in [5.74, 6) is 0. The van der Waals surface area contributed by atoms with Crippen molar-refractivity contribution in [2.24, 2.45) is 5.73 Å². The van der Waals surface area contributed by atoms with E-state index in [0.717, 1.165) is 30.8 Å². The Balaban J connectivity index is 2.67. The smallest absolute Gasteiger partial charge is 0.0911 e. The lowest BCUT2D eigenvalue weighted by Gasteiger charge is -2.24. The maximum atomic E-state index is 12.2. The number of hydrogen-bond acceptors (Lipinski definition) is 2. The van der Waals surface area contributed by atoms with Crippen LogP contribution in [0.3, 0.4) is 0 Å². The minimum Gasteiger partial charge on any atom is -0.371 e. The van der Waals surface area contributed by atoms with Crippen molar-refractivity contribution in [3.63, 3.8) is 0 Å². The van der Waals surface area contributed by atoms with Gasteiger partial charge in [-0.3, -0.25) is 4.39 Å². The number of nitrogens with zero attached hydrogens (tertiary/aromatic N) is 1. The Morgan fingerprint density at radius 2 is 1.88 bits per heavy atom. The molecule has 0 radical (unpaired) electrons. The van der Waals surface area contributed by atoms with Gasteiger partial charge in [-0.1, -0.05) is 19.1 Å². The van der Waals surface area contributed by atoms with Gasteiger partial charge in [-0.25, -0.2) is 0 Å². The zero-order valence-corrected chi connectivity index (χ0v) is 9.95. The second kappa shape index (κ2) is 7.23. The van der Waals surface area contributed by atoms with Gasteiger partial charge in [0.25, 0.3) is 0 Å². The molecular weight excluding hydrogens is 203 g/mol. The maximum absolute atomic E-state index is 12.2. The second-order valence-electron chi connectivity index (χ2n) is 3.90. The largest absolute Gasteiger partial charge is 0.371 e. The van der Waals surface area contributed by atoms with Crippen molar-refractivity contribution in [3.8, 4) is 0 Å². The SMILES string of the molecule is CCCN(CCCF)c1ccc(CN)cc1. The van der Waals surface area contributed by atoms with E-state index >= 15 is 0 Å². The Labute approximate surface area is 97.3 Å². The molecule has 0 aromatic heterocycles. The van der Waals surface area contributed by atoms with Gasteiger partial charge in [0.05, 0.1) is 6.67 Å². The molecule has 0 saturated carbocycles. The molecule has 2 nitrogen and oxygen atoms in total. The number of anilines is 1. The Kier molecular flexibility index (Phi) is 5.86. The summed E-state index contributed by atoms with van der Waals surface area (Å²) in [7, 11) is 0. The van der Waals surface area contributed by atoms with Crippen molar-refractivity contribution in [2.75, 3.05) is 24.7 Å². The molecule has 1 aromatic carbocycles. The van der Waals surface area contributed by atoms with E-state index in [0.29, 0.717) is 13.0 Å². The fourth-order valence-electron chi connectivity index (χ4n) is 1.73. The summed E-state index contributed by atoms with van der Waals surface area (Å²) in [5, 5.41) is 0. The van der Waals surface area contributed by atoms with Gasteiger partial charge >= 0.3 is 0 Å². The number of benzene rings is 1. The monoisotopic (exact) mass is 224 g/mol.